The molecule has 0 atom stereocenters. The molecule has 0 fully saturated rings. The van der Waals surface area contributed by atoms with Crippen LogP contribution >= 0.6 is 15.9 Å². The van der Waals surface area contributed by atoms with Crippen molar-refractivity contribution in [2.24, 2.45) is 0 Å². The van der Waals surface area contributed by atoms with Crippen LogP contribution in [0.3, 0.4) is 0 Å². The quantitative estimate of drug-likeness (QED) is 0.358. The van der Waals surface area contributed by atoms with Crippen molar-refractivity contribution in [2.45, 2.75) is 6.42 Å². The van der Waals surface area contributed by atoms with Gasteiger partial charge in [-0.25, -0.2) is 0 Å². The Balaban J connectivity index is 2.12. The Kier molecular flexibility index (Phi) is 8.32. The van der Waals surface area contributed by atoms with Crippen LogP contribution in [-0.2, 0) is 11.2 Å². The summed E-state index contributed by atoms with van der Waals surface area (Å²) in [6.45, 7) is 4.40. The van der Waals surface area contributed by atoms with E-state index < -0.39 is 5.91 Å². The molecule has 0 unspecified atom stereocenters. The molecule has 1 amide bonds. The summed E-state index contributed by atoms with van der Waals surface area (Å²) in [7, 11) is 1.53. The molecule has 2 rings (SSSR count). The van der Waals surface area contributed by atoms with Crippen molar-refractivity contribution in [3.63, 3.8) is 0 Å². The fourth-order valence-electron chi connectivity index (χ4n) is 2.48. The lowest BCUT2D eigenvalue weighted by Crippen LogP contribution is -2.26. The normalized spacial score (nSPS) is 10.7. The molecular formula is C22H21BrN2O3. The highest BCUT2D eigenvalue weighted by Gasteiger charge is 2.13. The minimum atomic E-state index is -0.416. The standard InChI is InChI=1S/C22H21BrN2O3/c1-3-11-28-21-19(23)13-17(14-20(21)27-2)12-18(15-24)22(26)25-10-9-16-7-5-4-6-8-16/h3-8,12-14H,1,9-11H2,2H3,(H,25,26)/b18-12+. The lowest BCUT2D eigenvalue weighted by Gasteiger charge is -2.12. The number of hydrogen-bond donors (Lipinski definition) is 1. The number of hydrogen-bond acceptors (Lipinski definition) is 4. The van der Waals surface area contributed by atoms with Crippen LogP contribution < -0.4 is 14.8 Å². The van der Waals surface area contributed by atoms with Crippen molar-refractivity contribution in [1.29, 1.82) is 5.26 Å². The molecule has 0 heterocycles. The average Bonchev–Trinajstić information content (AvgIpc) is 2.71. The number of benzene rings is 2. The highest BCUT2D eigenvalue weighted by Crippen LogP contribution is 2.37. The fourth-order valence-corrected chi connectivity index (χ4v) is 3.06. The maximum absolute atomic E-state index is 12.3. The first-order valence-electron chi connectivity index (χ1n) is 8.64. The molecule has 0 bridgehead atoms. The lowest BCUT2D eigenvalue weighted by molar-refractivity contribution is -0.117. The van der Waals surface area contributed by atoms with E-state index in [9.17, 15) is 10.1 Å². The number of carbonyl (C=O) groups is 1. The van der Waals surface area contributed by atoms with E-state index in [1.807, 2.05) is 36.4 Å². The Hall–Kier alpha value is -3.04. The van der Waals surface area contributed by atoms with Crippen LogP contribution in [0.15, 0.2) is 65.2 Å². The second-order valence-corrected chi connectivity index (χ2v) is 6.65. The number of nitrogens with zero attached hydrogens (tertiary/aromatic N) is 1. The van der Waals surface area contributed by atoms with Gasteiger partial charge in [-0.3, -0.25) is 4.79 Å². The Morgan fingerprint density at radius 3 is 2.71 bits per heavy atom. The van der Waals surface area contributed by atoms with Gasteiger partial charge in [-0.15, -0.1) is 0 Å². The summed E-state index contributed by atoms with van der Waals surface area (Å²) in [6, 6.07) is 15.2. The molecule has 0 saturated carbocycles. The number of amides is 1. The number of ether oxygens (including phenoxy) is 2. The largest absolute Gasteiger partial charge is 0.493 e. The van der Waals surface area contributed by atoms with Crippen LogP contribution in [0.1, 0.15) is 11.1 Å². The van der Waals surface area contributed by atoms with Crippen LogP contribution in [0, 0.1) is 11.3 Å². The molecule has 28 heavy (non-hydrogen) atoms. The second kappa shape index (κ2) is 11.0. The van der Waals surface area contributed by atoms with E-state index in [-0.39, 0.29) is 5.57 Å². The van der Waals surface area contributed by atoms with Gasteiger partial charge in [0.05, 0.1) is 11.6 Å². The molecule has 1 N–H and O–H groups in total. The summed E-state index contributed by atoms with van der Waals surface area (Å²) in [4.78, 5) is 12.3. The maximum Gasteiger partial charge on any atom is 0.261 e. The number of carbonyl (C=O) groups excluding carboxylic acids is 1. The molecule has 0 radical (unpaired) electrons. The molecule has 2 aromatic rings. The number of nitriles is 1. The third kappa shape index (κ3) is 6.00. The SMILES string of the molecule is C=CCOc1c(Br)cc(/C=C(\C#N)C(=O)NCCc2ccccc2)cc1OC. The number of nitrogens with one attached hydrogen (secondary N) is 1. The number of methoxy groups -OCH3 is 1. The van der Waals surface area contributed by atoms with Gasteiger partial charge in [0, 0.05) is 6.54 Å². The molecule has 5 nitrogen and oxygen atoms in total. The Labute approximate surface area is 173 Å². The van der Waals surface area contributed by atoms with Gasteiger partial charge >= 0.3 is 0 Å². The van der Waals surface area contributed by atoms with Gasteiger partial charge in [0.15, 0.2) is 11.5 Å². The highest BCUT2D eigenvalue weighted by atomic mass is 79.9. The minimum Gasteiger partial charge on any atom is -0.493 e. The third-order valence-corrected chi connectivity index (χ3v) is 4.40. The zero-order chi connectivity index (χ0) is 20.4. The van der Waals surface area contributed by atoms with Crippen LogP contribution in [0.25, 0.3) is 6.08 Å². The molecular weight excluding hydrogens is 420 g/mol. The van der Waals surface area contributed by atoms with E-state index in [1.165, 1.54) is 13.2 Å². The van der Waals surface area contributed by atoms with Crippen LogP contribution in [-0.4, -0.2) is 26.2 Å². The molecule has 0 aliphatic rings. The summed E-state index contributed by atoms with van der Waals surface area (Å²) in [5.41, 5.74) is 1.78. The Bertz CT molecular complexity index is 902. The summed E-state index contributed by atoms with van der Waals surface area (Å²) < 4.78 is 11.6. The van der Waals surface area contributed by atoms with E-state index in [2.05, 4.69) is 27.8 Å². The van der Waals surface area contributed by atoms with Gasteiger partial charge in [-0.1, -0.05) is 43.0 Å². The van der Waals surface area contributed by atoms with Crippen molar-refractivity contribution in [3.8, 4) is 17.6 Å². The minimum absolute atomic E-state index is 0.0155. The Morgan fingerprint density at radius 1 is 1.32 bits per heavy atom. The molecule has 6 heteroatoms. The van der Waals surface area contributed by atoms with Crippen molar-refractivity contribution in [1.82, 2.24) is 5.32 Å². The van der Waals surface area contributed by atoms with Gasteiger partial charge in [-0.05, 0) is 51.7 Å². The molecule has 2 aromatic carbocycles. The van der Waals surface area contributed by atoms with Crippen LogP contribution in [0.2, 0.25) is 0 Å². The highest BCUT2D eigenvalue weighted by molar-refractivity contribution is 9.10. The average molecular weight is 441 g/mol. The van der Waals surface area contributed by atoms with Gasteiger partial charge in [-0.2, -0.15) is 5.26 Å². The molecule has 0 aliphatic carbocycles. The van der Waals surface area contributed by atoms with E-state index in [0.29, 0.717) is 41.1 Å². The summed E-state index contributed by atoms with van der Waals surface area (Å²) in [6.07, 6.45) is 3.84. The number of rotatable bonds is 9. The predicted octanol–water partition coefficient (Wildman–Crippen LogP) is 4.29. The van der Waals surface area contributed by atoms with Gasteiger partial charge in [0.2, 0.25) is 0 Å². The van der Waals surface area contributed by atoms with Crippen molar-refractivity contribution >= 4 is 27.9 Å². The van der Waals surface area contributed by atoms with Gasteiger partial charge in [0.1, 0.15) is 18.2 Å². The predicted molar refractivity (Wildman–Crippen MR) is 113 cm³/mol. The number of halogens is 1. The maximum atomic E-state index is 12.3. The van der Waals surface area contributed by atoms with Crippen molar-refractivity contribution in [2.75, 3.05) is 20.3 Å². The summed E-state index contributed by atoms with van der Waals surface area (Å²) >= 11 is 3.43. The fraction of sp³-hybridized carbons (Fsp3) is 0.182. The first-order chi connectivity index (χ1) is 13.6. The molecule has 0 aromatic heterocycles. The van der Waals surface area contributed by atoms with E-state index in [0.717, 1.165) is 5.56 Å². The zero-order valence-corrected chi connectivity index (χ0v) is 17.2. The first-order valence-corrected chi connectivity index (χ1v) is 9.43. The molecule has 0 spiro atoms. The lowest BCUT2D eigenvalue weighted by atomic mass is 10.1. The van der Waals surface area contributed by atoms with Crippen LogP contribution in [0.5, 0.6) is 11.5 Å². The van der Waals surface area contributed by atoms with E-state index in [4.69, 9.17) is 9.47 Å². The Morgan fingerprint density at radius 2 is 2.07 bits per heavy atom. The van der Waals surface area contributed by atoms with E-state index >= 15 is 0 Å². The zero-order valence-electron chi connectivity index (χ0n) is 15.6. The smallest absolute Gasteiger partial charge is 0.261 e. The van der Waals surface area contributed by atoms with Crippen molar-refractivity contribution < 1.29 is 14.3 Å². The summed E-state index contributed by atoms with van der Waals surface area (Å²) in [5, 5.41) is 12.2. The molecule has 0 saturated heterocycles. The third-order valence-electron chi connectivity index (χ3n) is 3.82. The van der Waals surface area contributed by atoms with Gasteiger partial charge < -0.3 is 14.8 Å². The summed E-state index contributed by atoms with van der Waals surface area (Å²) in [5.74, 6) is 0.607. The first kappa shape index (κ1) is 21.3. The van der Waals surface area contributed by atoms with Crippen molar-refractivity contribution in [3.05, 3.63) is 76.3 Å². The molecule has 0 aliphatic heterocycles. The van der Waals surface area contributed by atoms with Gasteiger partial charge in [0.25, 0.3) is 5.91 Å². The topological polar surface area (TPSA) is 71.3 Å². The second-order valence-electron chi connectivity index (χ2n) is 5.80. The monoisotopic (exact) mass is 440 g/mol. The molecule has 144 valence electrons. The van der Waals surface area contributed by atoms with Crippen LogP contribution in [0.4, 0.5) is 0 Å². The van der Waals surface area contributed by atoms with E-state index in [1.54, 1.807) is 18.2 Å².